The number of sulfone groups is 1. The van der Waals surface area contributed by atoms with Gasteiger partial charge in [-0.25, -0.2) is 8.42 Å². The minimum absolute atomic E-state index is 0.0627. The highest BCUT2D eigenvalue weighted by molar-refractivity contribution is 7.91. The number of carbonyl (C=O) groups excluding carboxylic acids is 2. The van der Waals surface area contributed by atoms with Gasteiger partial charge in [-0.05, 0) is 30.7 Å². The van der Waals surface area contributed by atoms with Gasteiger partial charge in [0.05, 0.1) is 32.0 Å². The van der Waals surface area contributed by atoms with E-state index in [0.29, 0.717) is 21.7 Å². The number of ether oxygens (including phenoxy) is 3. The Labute approximate surface area is 195 Å². The van der Waals surface area contributed by atoms with E-state index in [4.69, 9.17) is 14.2 Å². The highest BCUT2D eigenvalue weighted by Crippen LogP contribution is 2.35. The molecule has 1 amide bonds. The van der Waals surface area contributed by atoms with Crippen LogP contribution in [0.3, 0.4) is 0 Å². The third-order valence-corrected chi connectivity index (χ3v) is 7.74. The third kappa shape index (κ3) is 5.60. The Balaban J connectivity index is 1.91. The summed E-state index contributed by atoms with van der Waals surface area (Å²) in [5.41, 5.74) is 0.547. The van der Waals surface area contributed by atoms with Gasteiger partial charge in [0.2, 0.25) is 5.91 Å². The van der Waals surface area contributed by atoms with Crippen LogP contribution in [0.4, 0.5) is 0 Å². The predicted molar refractivity (Wildman–Crippen MR) is 123 cm³/mol. The van der Waals surface area contributed by atoms with E-state index in [1.165, 1.54) is 49.4 Å². The van der Waals surface area contributed by atoms with E-state index >= 15 is 0 Å². The summed E-state index contributed by atoms with van der Waals surface area (Å²) in [5, 5.41) is 0. The van der Waals surface area contributed by atoms with E-state index in [1.54, 1.807) is 30.3 Å². The standard InChI is InChI=1S/C22H24N2O7S2/c1-29-16-11-12-17(30-2)21-20(16)24(14-19(26)31-3)22(32-21)23-18(25)10-7-13-33(27,28)15-8-5-4-6-9-15/h4-6,8-9,11-12H,7,10,13-14H2,1-3H3. The first-order valence-electron chi connectivity index (χ1n) is 9.97. The van der Waals surface area contributed by atoms with E-state index in [9.17, 15) is 18.0 Å². The number of thiazole rings is 1. The number of esters is 1. The van der Waals surface area contributed by atoms with Gasteiger partial charge < -0.3 is 18.8 Å². The van der Waals surface area contributed by atoms with Crippen LogP contribution in [-0.2, 0) is 30.7 Å². The number of methoxy groups -OCH3 is 3. The van der Waals surface area contributed by atoms with Crippen molar-refractivity contribution in [2.45, 2.75) is 24.3 Å². The van der Waals surface area contributed by atoms with Crippen molar-refractivity contribution < 1.29 is 32.2 Å². The number of aromatic nitrogens is 1. The second kappa shape index (κ2) is 10.6. The third-order valence-electron chi connectivity index (χ3n) is 4.83. The Kier molecular flexibility index (Phi) is 7.88. The van der Waals surface area contributed by atoms with Crippen molar-refractivity contribution >= 4 is 43.3 Å². The van der Waals surface area contributed by atoms with Gasteiger partial charge >= 0.3 is 5.97 Å². The van der Waals surface area contributed by atoms with E-state index in [1.807, 2.05) is 0 Å². The lowest BCUT2D eigenvalue weighted by molar-refractivity contribution is -0.141. The van der Waals surface area contributed by atoms with Crippen molar-refractivity contribution in [3.8, 4) is 11.5 Å². The predicted octanol–water partition coefficient (Wildman–Crippen LogP) is 2.57. The maximum atomic E-state index is 12.6. The molecule has 33 heavy (non-hydrogen) atoms. The van der Waals surface area contributed by atoms with Crippen LogP contribution in [-0.4, -0.2) is 51.9 Å². The molecule has 0 atom stereocenters. The van der Waals surface area contributed by atoms with Gasteiger partial charge in [-0.2, -0.15) is 4.99 Å². The van der Waals surface area contributed by atoms with Gasteiger partial charge in [-0.1, -0.05) is 29.5 Å². The van der Waals surface area contributed by atoms with Gasteiger partial charge in [0.1, 0.15) is 28.3 Å². The Bertz CT molecular complexity index is 1330. The molecule has 0 aliphatic rings. The highest BCUT2D eigenvalue weighted by Gasteiger charge is 2.19. The lowest BCUT2D eigenvalue weighted by atomic mass is 10.3. The number of benzene rings is 2. The van der Waals surface area contributed by atoms with Crippen molar-refractivity contribution in [1.82, 2.24) is 4.57 Å². The van der Waals surface area contributed by atoms with E-state index in [2.05, 4.69) is 4.99 Å². The molecule has 1 heterocycles. The molecule has 1 aromatic heterocycles. The summed E-state index contributed by atoms with van der Waals surface area (Å²) < 4.78 is 42.6. The molecule has 0 N–H and O–H groups in total. The summed E-state index contributed by atoms with van der Waals surface area (Å²) in [6, 6.07) is 11.5. The number of hydrogen-bond donors (Lipinski definition) is 0. The Morgan fingerprint density at radius 1 is 1.00 bits per heavy atom. The van der Waals surface area contributed by atoms with Crippen molar-refractivity contribution in [2.24, 2.45) is 4.99 Å². The zero-order chi connectivity index (χ0) is 24.0. The molecule has 0 aliphatic heterocycles. The van der Waals surface area contributed by atoms with E-state index < -0.39 is 21.7 Å². The number of rotatable bonds is 9. The molecule has 0 saturated heterocycles. The molecule has 2 aromatic carbocycles. The lowest BCUT2D eigenvalue weighted by Gasteiger charge is -2.09. The monoisotopic (exact) mass is 492 g/mol. The fourth-order valence-corrected chi connectivity index (χ4v) is 5.69. The van der Waals surface area contributed by atoms with Crippen LogP contribution in [0.2, 0.25) is 0 Å². The number of nitrogens with zero attached hydrogens (tertiary/aromatic N) is 2. The van der Waals surface area contributed by atoms with Crippen molar-refractivity contribution in [3.05, 3.63) is 47.3 Å². The molecule has 0 fully saturated rings. The van der Waals surface area contributed by atoms with Crippen molar-refractivity contribution in [3.63, 3.8) is 0 Å². The zero-order valence-electron chi connectivity index (χ0n) is 18.4. The summed E-state index contributed by atoms with van der Waals surface area (Å²) in [6.07, 6.45) is 0.0565. The molecule has 0 spiro atoms. The molecule has 0 bridgehead atoms. The Morgan fingerprint density at radius 3 is 2.30 bits per heavy atom. The van der Waals surface area contributed by atoms with Gasteiger partial charge in [0.25, 0.3) is 0 Å². The lowest BCUT2D eigenvalue weighted by Crippen LogP contribution is -2.22. The van der Waals surface area contributed by atoms with Crippen molar-refractivity contribution in [1.29, 1.82) is 0 Å². The fourth-order valence-electron chi connectivity index (χ4n) is 3.20. The fraction of sp³-hybridized carbons (Fsp3) is 0.318. The molecule has 11 heteroatoms. The van der Waals surface area contributed by atoms with Crippen molar-refractivity contribution in [2.75, 3.05) is 27.1 Å². The molecule has 3 rings (SSSR count). The van der Waals surface area contributed by atoms with Gasteiger partial charge in [-0.3, -0.25) is 9.59 Å². The normalized spacial score (nSPS) is 12.0. The molecular weight excluding hydrogens is 468 g/mol. The summed E-state index contributed by atoms with van der Waals surface area (Å²) in [4.78, 5) is 29.2. The first-order chi connectivity index (χ1) is 15.8. The molecule has 0 radical (unpaired) electrons. The largest absolute Gasteiger partial charge is 0.495 e. The van der Waals surface area contributed by atoms with Gasteiger partial charge in [0, 0.05) is 6.42 Å². The van der Waals surface area contributed by atoms with E-state index in [0.717, 1.165) is 0 Å². The highest BCUT2D eigenvalue weighted by atomic mass is 32.2. The number of hydrogen-bond acceptors (Lipinski definition) is 8. The van der Waals surface area contributed by atoms with Crippen LogP contribution in [0.1, 0.15) is 12.8 Å². The topological polar surface area (TPSA) is 113 Å². The van der Waals surface area contributed by atoms with Gasteiger partial charge in [0.15, 0.2) is 14.6 Å². The molecule has 0 saturated carbocycles. The molecule has 9 nitrogen and oxygen atoms in total. The summed E-state index contributed by atoms with van der Waals surface area (Å²) in [5.74, 6) is -0.177. The van der Waals surface area contributed by atoms with E-state index in [-0.39, 0.29) is 34.8 Å². The molecular formula is C22H24N2O7S2. The summed E-state index contributed by atoms with van der Waals surface area (Å²) in [7, 11) is 0.794. The average Bonchev–Trinajstić information content (AvgIpc) is 3.16. The average molecular weight is 493 g/mol. The second-order valence-electron chi connectivity index (χ2n) is 6.94. The number of amides is 1. The quantitative estimate of drug-likeness (QED) is 0.422. The van der Waals surface area contributed by atoms with Crippen LogP contribution in [0.5, 0.6) is 11.5 Å². The summed E-state index contributed by atoms with van der Waals surface area (Å²) >= 11 is 1.17. The Morgan fingerprint density at radius 2 is 1.67 bits per heavy atom. The molecule has 0 unspecified atom stereocenters. The summed E-state index contributed by atoms with van der Waals surface area (Å²) in [6.45, 7) is -0.186. The van der Waals surface area contributed by atoms with Crippen LogP contribution in [0.25, 0.3) is 10.2 Å². The van der Waals surface area contributed by atoms with Crippen LogP contribution >= 0.6 is 11.3 Å². The molecule has 176 valence electrons. The SMILES string of the molecule is COC(=O)Cn1c(=NC(=O)CCCS(=O)(=O)c2ccccc2)sc2c(OC)ccc(OC)c21. The number of fused-ring (bicyclic) bond motifs is 1. The Hall–Kier alpha value is -3.18. The zero-order valence-corrected chi connectivity index (χ0v) is 20.1. The smallest absolute Gasteiger partial charge is 0.325 e. The van der Waals surface area contributed by atoms with Crippen LogP contribution in [0.15, 0.2) is 52.4 Å². The first-order valence-corrected chi connectivity index (χ1v) is 12.4. The minimum Gasteiger partial charge on any atom is -0.495 e. The minimum atomic E-state index is -3.49. The van der Waals surface area contributed by atoms with Crippen LogP contribution in [0, 0.1) is 0 Å². The first kappa shape index (κ1) is 24.5. The maximum Gasteiger partial charge on any atom is 0.325 e. The van der Waals surface area contributed by atoms with Crippen LogP contribution < -0.4 is 14.3 Å². The van der Waals surface area contributed by atoms with Gasteiger partial charge in [-0.15, -0.1) is 0 Å². The molecule has 0 aliphatic carbocycles. The second-order valence-corrected chi connectivity index (χ2v) is 10.0. The maximum absolute atomic E-state index is 12.6. The number of carbonyl (C=O) groups is 2. The molecule has 3 aromatic rings.